The molecule has 0 aromatic heterocycles. The minimum Gasteiger partial charge on any atom is -0.502 e. The number of phenols is 1. The molecule has 8 heteroatoms. The lowest BCUT2D eigenvalue weighted by Gasteiger charge is -2.20. The molecule has 0 atom stereocenters. The minimum atomic E-state index is -3.99. The van der Waals surface area contributed by atoms with E-state index in [2.05, 4.69) is 4.72 Å². The second-order valence-electron chi connectivity index (χ2n) is 5.66. The van der Waals surface area contributed by atoms with E-state index < -0.39 is 26.4 Å². The summed E-state index contributed by atoms with van der Waals surface area (Å²) in [6, 6.07) is 8.47. The number of hydrogen-bond acceptors (Lipinski definition) is 5. The number of anilines is 1. The quantitative estimate of drug-likeness (QED) is 0.652. The van der Waals surface area contributed by atoms with Crippen molar-refractivity contribution in [1.29, 1.82) is 0 Å². The molecule has 0 saturated heterocycles. The highest BCUT2D eigenvalue weighted by molar-refractivity contribution is 7.92. The molecular formula is C16H16N2O5S. The average molecular weight is 348 g/mol. The number of nitrogens with zero attached hydrogens (tertiary/aromatic N) is 1. The van der Waals surface area contributed by atoms with Crippen LogP contribution in [0.4, 0.5) is 11.4 Å². The van der Waals surface area contributed by atoms with Crippen molar-refractivity contribution in [3.05, 3.63) is 57.6 Å². The van der Waals surface area contributed by atoms with Gasteiger partial charge in [-0.05, 0) is 55.0 Å². The maximum atomic E-state index is 12.6. The zero-order valence-electron chi connectivity index (χ0n) is 12.7. The summed E-state index contributed by atoms with van der Waals surface area (Å²) in [6.45, 7) is 0. The topological polar surface area (TPSA) is 110 Å². The Morgan fingerprint density at radius 3 is 2.62 bits per heavy atom. The Bertz CT molecular complexity index is 909. The van der Waals surface area contributed by atoms with E-state index in [-0.39, 0.29) is 4.90 Å². The molecule has 0 fully saturated rings. The maximum Gasteiger partial charge on any atom is 0.312 e. The smallest absolute Gasteiger partial charge is 0.312 e. The highest BCUT2D eigenvalue weighted by atomic mass is 32.2. The summed E-state index contributed by atoms with van der Waals surface area (Å²) in [4.78, 5) is 9.80. The van der Waals surface area contributed by atoms with Crippen molar-refractivity contribution in [3.8, 4) is 5.75 Å². The van der Waals surface area contributed by atoms with Crippen molar-refractivity contribution < 1.29 is 18.4 Å². The van der Waals surface area contributed by atoms with Gasteiger partial charge in [0.05, 0.1) is 15.5 Å². The molecule has 1 aliphatic carbocycles. The van der Waals surface area contributed by atoms with Crippen molar-refractivity contribution in [1.82, 2.24) is 0 Å². The van der Waals surface area contributed by atoms with Gasteiger partial charge in [-0.1, -0.05) is 12.1 Å². The third-order valence-electron chi connectivity index (χ3n) is 4.09. The minimum absolute atomic E-state index is 0.264. The number of nitro groups is 1. The summed E-state index contributed by atoms with van der Waals surface area (Å²) in [5, 5.41) is 20.3. The number of aromatic hydroxyl groups is 1. The summed E-state index contributed by atoms with van der Waals surface area (Å²) >= 11 is 0. The van der Waals surface area contributed by atoms with E-state index in [0.717, 1.165) is 55.0 Å². The summed E-state index contributed by atoms with van der Waals surface area (Å²) < 4.78 is 27.6. The second-order valence-corrected chi connectivity index (χ2v) is 7.35. The Hall–Kier alpha value is -2.61. The van der Waals surface area contributed by atoms with Crippen molar-refractivity contribution in [2.24, 2.45) is 0 Å². The average Bonchev–Trinajstić information content (AvgIpc) is 2.55. The predicted octanol–water partition coefficient (Wildman–Crippen LogP) is 2.98. The standard InChI is InChI=1S/C16H16N2O5S/c19-16-9-8-12(10-15(16)18(20)21)24(22,23)17-14-7-3-5-11-4-1-2-6-13(11)14/h3,5,7-10,17,19H,1-2,4,6H2. The fourth-order valence-electron chi connectivity index (χ4n) is 2.90. The van der Waals surface area contributed by atoms with E-state index >= 15 is 0 Å². The molecule has 3 rings (SSSR count). The highest BCUT2D eigenvalue weighted by Crippen LogP contribution is 2.32. The van der Waals surface area contributed by atoms with Crippen molar-refractivity contribution in [2.45, 2.75) is 30.6 Å². The molecular weight excluding hydrogens is 332 g/mol. The molecule has 2 aromatic rings. The summed E-state index contributed by atoms with van der Waals surface area (Å²) in [6.07, 6.45) is 3.78. The van der Waals surface area contributed by atoms with Crippen LogP contribution in [0.3, 0.4) is 0 Å². The van der Waals surface area contributed by atoms with Gasteiger partial charge < -0.3 is 5.11 Å². The van der Waals surface area contributed by atoms with Gasteiger partial charge in [0, 0.05) is 6.07 Å². The van der Waals surface area contributed by atoms with Crippen molar-refractivity contribution in [2.75, 3.05) is 4.72 Å². The monoisotopic (exact) mass is 348 g/mol. The van der Waals surface area contributed by atoms with Gasteiger partial charge in [-0.2, -0.15) is 0 Å². The van der Waals surface area contributed by atoms with Gasteiger partial charge in [0.15, 0.2) is 5.75 Å². The SMILES string of the molecule is O=[N+]([O-])c1cc(S(=O)(=O)Nc2cccc3c2CCCC3)ccc1O. The lowest BCUT2D eigenvalue weighted by Crippen LogP contribution is -2.16. The van der Waals surface area contributed by atoms with E-state index in [1.807, 2.05) is 6.07 Å². The van der Waals surface area contributed by atoms with E-state index in [1.165, 1.54) is 0 Å². The van der Waals surface area contributed by atoms with Crippen LogP contribution in [0.2, 0.25) is 0 Å². The maximum absolute atomic E-state index is 12.6. The normalized spacial score (nSPS) is 14.0. The highest BCUT2D eigenvalue weighted by Gasteiger charge is 2.23. The molecule has 1 aliphatic rings. The molecule has 2 N–H and O–H groups in total. The van der Waals surface area contributed by atoms with Crippen LogP contribution >= 0.6 is 0 Å². The summed E-state index contributed by atoms with van der Waals surface area (Å²) in [5.74, 6) is -0.573. The van der Waals surface area contributed by atoms with Crippen molar-refractivity contribution in [3.63, 3.8) is 0 Å². The van der Waals surface area contributed by atoms with Gasteiger partial charge >= 0.3 is 5.69 Å². The first-order chi connectivity index (χ1) is 11.4. The third kappa shape index (κ3) is 3.05. The van der Waals surface area contributed by atoms with Gasteiger partial charge in [0.1, 0.15) is 0 Å². The van der Waals surface area contributed by atoms with Crippen LogP contribution in [0.5, 0.6) is 5.75 Å². The Kier molecular flexibility index (Phi) is 4.15. The van der Waals surface area contributed by atoms with Crippen LogP contribution in [0.15, 0.2) is 41.3 Å². The summed E-state index contributed by atoms with van der Waals surface area (Å²) in [5.41, 5.74) is 1.95. The molecule has 0 aliphatic heterocycles. The molecule has 7 nitrogen and oxygen atoms in total. The number of rotatable bonds is 4. The zero-order valence-corrected chi connectivity index (χ0v) is 13.5. The number of benzene rings is 2. The Labute approximate surface area is 139 Å². The largest absolute Gasteiger partial charge is 0.502 e. The van der Waals surface area contributed by atoms with Crippen LogP contribution in [0, 0.1) is 10.1 Å². The number of sulfonamides is 1. The summed E-state index contributed by atoms with van der Waals surface area (Å²) in [7, 11) is -3.99. The number of fused-ring (bicyclic) bond motifs is 1. The van der Waals surface area contributed by atoms with Crippen LogP contribution in [-0.4, -0.2) is 18.4 Å². The van der Waals surface area contributed by atoms with Crippen LogP contribution < -0.4 is 4.72 Å². The predicted molar refractivity (Wildman–Crippen MR) is 88.7 cm³/mol. The van der Waals surface area contributed by atoms with E-state index in [9.17, 15) is 23.6 Å². The van der Waals surface area contributed by atoms with Crippen molar-refractivity contribution >= 4 is 21.4 Å². The van der Waals surface area contributed by atoms with Gasteiger partial charge in [0.25, 0.3) is 10.0 Å². The van der Waals surface area contributed by atoms with E-state index in [4.69, 9.17) is 0 Å². The van der Waals surface area contributed by atoms with Gasteiger partial charge in [-0.3, -0.25) is 14.8 Å². The van der Waals surface area contributed by atoms with Crippen LogP contribution in [0.1, 0.15) is 24.0 Å². The molecule has 0 spiro atoms. The van der Waals surface area contributed by atoms with Crippen LogP contribution in [0.25, 0.3) is 0 Å². The number of nitro benzene ring substituents is 1. The number of nitrogens with one attached hydrogen (secondary N) is 1. The molecule has 0 radical (unpaired) electrons. The Morgan fingerprint density at radius 2 is 1.88 bits per heavy atom. The fourth-order valence-corrected chi connectivity index (χ4v) is 4.01. The molecule has 0 amide bonds. The van der Waals surface area contributed by atoms with E-state index in [1.54, 1.807) is 12.1 Å². The molecule has 0 unspecified atom stereocenters. The molecule has 0 saturated carbocycles. The number of aryl methyl sites for hydroxylation is 1. The Balaban J connectivity index is 1.98. The van der Waals surface area contributed by atoms with Gasteiger partial charge in [-0.25, -0.2) is 8.42 Å². The number of hydrogen-bond donors (Lipinski definition) is 2. The first-order valence-electron chi connectivity index (χ1n) is 7.49. The van der Waals surface area contributed by atoms with Gasteiger partial charge in [0.2, 0.25) is 0 Å². The Morgan fingerprint density at radius 1 is 1.12 bits per heavy atom. The second kappa shape index (κ2) is 6.12. The van der Waals surface area contributed by atoms with Crippen LogP contribution in [-0.2, 0) is 22.9 Å². The number of phenolic OH excluding ortho intramolecular Hbond substituents is 1. The third-order valence-corrected chi connectivity index (χ3v) is 5.46. The lowest BCUT2D eigenvalue weighted by atomic mass is 9.91. The molecule has 0 bridgehead atoms. The fraction of sp³-hybridized carbons (Fsp3) is 0.250. The first kappa shape index (κ1) is 16.3. The molecule has 0 heterocycles. The molecule has 2 aromatic carbocycles. The molecule has 24 heavy (non-hydrogen) atoms. The van der Waals surface area contributed by atoms with Gasteiger partial charge in [-0.15, -0.1) is 0 Å². The van der Waals surface area contributed by atoms with E-state index in [0.29, 0.717) is 5.69 Å². The zero-order chi connectivity index (χ0) is 17.3. The molecule has 126 valence electrons. The lowest BCUT2D eigenvalue weighted by molar-refractivity contribution is -0.386. The first-order valence-corrected chi connectivity index (χ1v) is 8.98.